The van der Waals surface area contributed by atoms with Gasteiger partial charge in [-0.3, -0.25) is 9.59 Å². The van der Waals surface area contributed by atoms with Crippen molar-refractivity contribution in [3.63, 3.8) is 0 Å². The van der Waals surface area contributed by atoms with Gasteiger partial charge in [-0.05, 0) is 48.5 Å². The Morgan fingerprint density at radius 2 is 1.68 bits per heavy atom. The normalized spacial score (nSPS) is 11.6. The van der Waals surface area contributed by atoms with Crippen molar-refractivity contribution >= 4 is 44.9 Å². The average molecular weight is 433 g/mol. The van der Waals surface area contributed by atoms with Crippen molar-refractivity contribution < 1.29 is 22.8 Å². The second-order valence-electron chi connectivity index (χ2n) is 4.89. The maximum Gasteiger partial charge on any atom is 0.416 e. The lowest BCUT2D eigenvalue weighted by Crippen LogP contribution is -2.11. The molecule has 0 saturated carbocycles. The summed E-state index contributed by atoms with van der Waals surface area (Å²) in [7, 11) is 0. The molecular formula is C17H10BrClF3NO2. The number of anilines is 1. The maximum atomic E-state index is 12.7. The molecule has 0 aliphatic heterocycles. The summed E-state index contributed by atoms with van der Waals surface area (Å²) in [4.78, 5) is 23.7. The van der Waals surface area contributed by atoms with Crippen molar-refractivity contribution in [2.45, 2.75) is 6.18 Å². The molecule has 25 heavy (non-hydrogen) atoms. The van der Waals surface area contributed by atoms with E-state index in [2.05, 4.69) is 21.2 Å². The molecular weight excluding hydrogens is 423 g/mol. The maximum absolute atomic E-state index is 12.7. The van der Waals surface area contributed by atoms with Crippen molar-refractivity contribution in [2.75, 3.05) is 5.32 Å². The van der Waals surface area contributed by atoms with Crippen LogP contribution in [0.2, 0.25) is 5.02 Å². The van der Waals surface area contributed by atoms with Crippen LogP contribution in [0.1, 0.15) is 15.9 Å². The predicted octanol–water partition coefficient (Wildman–Crippen LogP) is 5.50. The van der Waals surface area contributed by atoms with Gasteiger partial charge in [0.05, 0.1) is 16.3 Å². The van der Waals surface area contributed by atoms with Crippen LogP contribution in [0.3, 0.4) is 0 Å². The van der Waals surface area contributed by atoms with Gasteiger partial charge in [0.25, 0.3) is 0 Å². The molecule has 0 aliphatic rings. The van der Waals surface area contributed by atoms with E-state index >= 15 is 0 Å². The van der Waals surface area contributed by atoms with Gasteiger partial charge in [0, 0.05) is 16.1 Å². The number of benzene rings is 2. The molecule has 1 N–H and O–H groups in total. The molecule has 3 nitrogen and oxygen atoms in total. The predicted molar refractivity (Wildman–Crippen MR) is 92.7 cm³/mol. The van der Waals surface area contributed by atoms with Gasteiger partial charge in [-0.2, -0.15) is 13.2 Å². The molecule has 2 aromatic carbocycles. The summed E-state index contributed by atoms with van der Waals surface area (Å²) in [5.74, 6) is -1.19. The summed E-state index contributed by atoms with van der Waals surface area (Å²) >= 11 is 9.02. The number of ketones is 1. The van der Waals surface area contributed by atoms with Gasteiger partial charge in [0.15, 0.2) is 5.78 Å². The molecule has 0 heterocycles. The van der Waals surface area contributed by atoms with Gasteiger partial charge in [-0.15, -0.1) is 0 Å². The van der Waals surface area contributed by atoms with Crippen molar-refractivity contribution in [3.8, 4) is 0 Å². The molecule has 1 amide bonds. The first kappa shape index (κ1) is 19.2. The lowest BCUT2D eigenvalue weighted by atomic mass is 10.1. The third-order valence-electron chi connectivity index (χ3n) is 3.07. The molecule has 0 radical (unpaired) electrons. The minimum absolute atomic E-state index is 0.0472. The summed E-state index contributed by atoms with van der Waals surface area (Å²) in [5.41, 5.74) is -0.770. The zero-order valence-electron chi connectivity index (χ0n) is 12.4. The minimum Gasteiger partial charge on any atom is -0.321 e. The Bertz CT molecular complexity index is 833. The van der Waals surface area contributed by atoms with E-state index in [0.29, 0.717) is 5.56 Å². The van der Waals surface area contributed by atoms with E-state index in [0.717, 1.165) is 34.8 Å². The monoisotopic (exact) mass is 431 g/mol. The largest absolute Gasteiger partial charge is 0.416 e. The van der Waals surface area contributed by atoms with E-state index in [-0.39, 0.29) is 10.7 Å². The van der Waals surface area contributed by atoms with Crippen molar-refractivity contribution in [1.29, 1.82) is 0 Å². The third-order valence-corrected chi connectivity index (χ3v) is 3.92. The Kier molecular flexibility index (Phi) is 6.02. The zero-order chi connectivity index (χ0) is 18.6. The molecule has 130 valence electrons. The Morgan fingerprint density at radius 1 is 1.04 bits per heavy atom. The second-order valence-corrected chi connectivity index (χ2v) is 6.21. The second kappa shape index (κ2) is 7.84. The van der Waals surface area contributed by atoms with Crippen molar-refractivity contribution in [1.82, 2.24) is 0 Å². The van der Waals surface area contributed by atoms with Crippen LogP contribution in [-0.4, -0.2) is 11.7 Å². The highest BCUT2D eigenvalue weighted by molar-refractivity contribution is 9.10. The lowest BCUT2D eigenvalue weighted by Gasteiger charge is -2.10. The summed E-state index contributed by atoms with van der Waals surface area (Å²) < 4.78 is 38.9. The van der Waals surface area contributed by atoms with Crippen LogP contribution >= 0.6 is 27.5 Å². The van der Waals surface area contributed by atoms with Crippen LogP contribution in [0.15, 0.2) is 59.1 Å². The molecule has 0 saturated heterocycles. The SMILES string of the molecule is O=C(/C=C/C(=O)c1ccc(Br)cc1)Nc1cc(C(F)(F)F)ccc1Cl. The Morgan fingerprint density at radius 3 is 2.28 bits per heavy atom. The third kappa shape index (κ3) is 5.44. The van der Waals surface area contributed by atoms with E-state index in [1.807, 2.05) is 0 Å². The number of hydrogen-bond donors (Lipinski definition) is 1. The molecule has 2 aromatic rings. The molecule has 0 bridgehead atoms. The fourth-order valence-electron chi connectivity index (χ4n) is 1.83. The van der Waals surface area contributed by atoms with Crippen LogP contribution in [0.4, 0.5) is 18.9 Å². The summed E-state index contributed by atoms with van der Waals surface area (Å²) in [6, 6.07) is 9.05. The Balaban J connectivity index is 2.09. The number of carbonyl (C=O) groups excluding carboxylic acids is 2. The van der Waals surface area contributed by atoms with E-state index in [1.54, 1.807) is 24.3 Å². The number of amides is 1. The number of nitrogens with one attached hydrogen (secondary N) is 1. The van der Waals surface area contributed by atoms with Crippen molar-refractivity contribution in [2.24, 2.45) is 0 Å². The van der Waals surface area contributed by atoms with Crippen LogP contribution in [0, 0.1) is 0 Å². The fourth-order valence-corrected chi connectivity index (χ4v) is 2.26. The van der Waals surface area contributed by atoms with Gasteiger partial charge in [0.1, 0.15) is 0 Å². The molecule has 0 spiro atoms. The van der Waals surface area contributed by atoms with Gasteiger partial charge < -0.3 is 5.32 Å². The number of allylic oxidation sites excluding steroid dienone is 1. The highest BCUT2D eigenvalue weighted by Gasteiger charge is 2.31. The fraction of sp³-hybridized carbons (Fsp3) is 0.0588. The first-order valence-electron chi connectivity index (χ1n) is 6.82. The summed E-state index contributed by atoms with van der Waals surface area (Å²) in [5, 5.41) is 2.17. The van der Waals surface area contributed by atoms with Gasteiger partial charge in [-0.25, -0.2) is 0 Å². The summed E-state index contributed by atoms with van der Waals surface area (Å²) in [6.45, 7) is 0. The minimum atomic E-state index is -4.56. The van der Waals surface area contributed by atoms with Crippen LogP contribution < -0.4 is 5.32 Å². The number of carbonyl (C=O) groups is 2. The smallest absolute Gasteiger partial charge is 0.321 e. The van der Waals surface area contributed by atoms with Crippen LogP contribution in [0.25, 0.3) is 0 Å². The number of halogens is 5. The molecule has 0 aliphatic carbocycles. The number of alkyl halides is 3. The zero-order valence-corrected chi connectivity index (χ0v) is 14.7. The van der Waals surface area contributed by atoms with E-state index in [1.165, 1.54) is 0 Å². The van der Waals surface area contributed by atoms with Gasteiger partial charge in [-0.1, -0.05) is 27.5 Å². The summed E-state index contributed by atoms with van der Waals surface area (Å²) in [6.07, 6.45) is -2.60. The van der Waals surface area contributed by atoms with Crippen LogP contribution in [0.5, 0.6) is 0 Å². The molecule has 0 fully saturated rings. The van der Waals surface area contributed by atoms with E-state index < -0.39 is 23.4 Å². The molecule has 0 atom stereocenters. The average Bonchev–Trinajstić information content (AvgIpc) is 2.54. The first-order chi connectivity index (χ1) is 11.7. The highest BCUT2D eigenvalue weighted by atomic mass is 79.9. The quantitative estimate of drug-likeness (QED) is 0.512. The molecule has 0 unspecified atom stereocenters. The molecule has 8 heteroatoms. The van der Waals surface area contributed by atoms with Crippen molar-refractivity contribution in [3.05, 3.63) is 75.2 Å². The van der Waals surface area contributed by atoms with Gasteiger partial charge in [0.2, 0.25) is 5.91 Å². The Hall–Kier alpha value is -2.12. The standard InChI is InChI=1S/C17H10BrClF3NO2/c18-12-4-1-10(2-5-12)15(24)7-8-16(25)23-14-9-11(17(20,21)22)3-6-13(14)19/h1-9H,(H,23,25)/b8-7+. The molecule has 0 aromatic heterocycles. The van der Waals surface area contributed by atoms with E-state index in [4.69, 9.17) is 11.6 Å². The topological polar surface area (TPSA) is 46.2 Å². The number of hydrogen-bond acceptors (Lipinski definition) is 2. The van der Waals surface area contributed by atoms with Crippen LogP contribution in [-0.2, 0) is 11.0 Å². The first-order valence-corrected chi connectivity index (χ1v) is 7.99. The van der Waals surface area contributed by atoms with E-state index in [9.17, 15) is 22.8 Å². The lowest BCUT2D eigenvalue weighted by molar-refractivity contribution is -0.137. The molecule has 2 rings (SSSR count). The Labute approximate surface area is 154 Å². The van der Waals surface area contributed by atoms with Gasteiger partial charge >= 0.3 is 6.18 Å². The number of rotatable bonds is 4. The highest BCUT2D eigenvalue weighted by Crippen LogP contribution is 2.33.